The van der Waals surface area contributed by atoms with E-state index in [-0.39, 0.29) is 17.6 Å². The van der Waals surface area contributed by atoms with E-state index in [1.807, 2.05) is 6.92 Å². The van der Waals surface area contributed by atoms with Crippen LogP contribution < -0.4 is 5.73 Å². The summed E-state index contributed by atoms with van der Waals surface area (Å²) in [6.45, 7) is 8.38. The van der Waals surface area contributed by atoms with Crippen LogP contribution in [-0.4, -0.2) is 23.3 Å². The van der Waals surface area contributed by atoms with Gasteiger partial charge in [-0.1, -0.05) is 25.9 Å². The molecule has 1 heterocycles. The van der Waals surface area contributed by atoms with Crippen LogP contribution >= 0.6 is 0 Å². The Morgan fingerprint density at radius 1 is 1.41 bits per heavy atom. The molecular formula is C12H23N3O2. The van der Waals surface area contributed by atoms with Crippen molar-refractivity contribution in [1.29, 1.82) is 0 Å². The highest BCUT2D eigenvalue weighted by molar-refractivity contribution is 4.92. The van der Waals surface area contributed by atoms with E-state index >= 15 is 0 Å². The van der Waals surface area contributed by atoms with Gasteiger partial charge in [0.05, 0.1) is 0 Å². The molecule has 0 amide bonds. The number of hydrogen-bond donors (Lipinski definition) is 1. The lowest BCUT2D eigenvalue weighted by Crippen LogP contribution is -2.28. The second-order valence-electron chi connectivity index (χ2n) is 5.65. The van der Waals surface area contributed by atoms with Gasteiger partial charge in [-0.2, -0.15) is 4.98 Å². The molecule has 5 nitrogen and oxygen atoms in total. The molecule has 0 aliphatic carbocycles. The Balaban J connectivity index is 2.54. The Morgan fingerprint density at radius 2 is 2.06 bits per heavy atom. The Labute approximate surface area is 103 Å². The van der Waals surface area contributed by atoms with Gasteiger partial charge < -0.3 is 15.0 Å². The molecule has 5 heteroatoms. The normalized spacial score (nSPS) is 15.9. The summed E-state index contributed by atoms with van der Waals surface area (Å²) in [5, 5.41) is 3.87. The van der Waals surface area contributed by atoms with Gasteiger partial charge in [-0.15, -0.1) is 0 Å². The van der Waals surface area contributed by atoms with Crippen molar-refractivity contribution in [3.8, 4) is 0 Å². The van der Waals surface area contributed by atoms with Crippen molar-refractivity contribution >= 4 is 0 Å². The van der Waals surface area contributed by atoms with Crippen LogP contribution in [-0.2, 0) is 11.2 Å². The van der Waals surface area contributed by atoms with Crippen LogP contribution in [0.2, 0.25) is 0 Å². The van der Waals surface area contributed by atoms with E-state index in [0.717, 1.165) is 6.42 Å². The summed E-state index contributed by atoms with van der Waals surface area (Å²) in [6, 6.07) is 0.0427. The standard InChI is InChI=1S/C12H23N3O2/c1-8(16-5)11-14-10(17-15-11)6-9(13)7-12(2,3)4/h8-9H,6-7,13H2,1-5H3. The first-order valence-electron chi connectivity index (χ1n) is 5.92. The number of aromatic nitrogens is 2. The fourth-order valence-electron chi connectivity index (χ4n) is 1.70. The first kappa shape index (κ1) is 14.1. The summed E-state index contributed by atoms with van der Waals surface area (Å²) in [5.41, 5.74) is 6.26. The molecule has 0 aliphatic heterocycles. The van der Waals surface area contributed by atoms with Gasteiger partial charge in [0.15, 0.2) is 5.82 Å². The Bertz CT molecular complexity index is 344. The summed E-state index contributed by atoms with van der Waals surface area (Å²) < 4.78 is 10.3. The fraction of sp³-hybridized carbons (Fsp3) is 0.833. The van der Waals surface area contributed by atoms with Crippen LogP contribution in [0.25, 0.3) is 0 Å². The van der Waals surface area contributed by atoms with Crippen LogP contribution in [0.5, 0.6) is 0 Å². The molecule has 0 saturated heterocycles. The van der Waals surface area contributed by atoms with Crippen molar-refractivity contribution in [2.75, 3.05) is 7.11 Å². The molecule has 0 saturated carbocycles. The zero-order chi connectivity index (χ0) is 13.1. The minimum absolute atomic E-state index is 0.0427. The van der Waals surface area contributed by atoms with Gasteiger partial charge in [-0.05, 0) is 18.8 Å². The number of hydrogen-bond acceptors (Lipinski definition) is 5. The molecule has 98 valence electrons. The van der Waals surface area contributed by atoms with Gasteiger partial charge in [-0.3, -0.25) is 0 Å². The molecule has 0 aromatic carbocycles. The third-order valence-corrected chi connectivity index (χ3v) is 2.51. The Morgan fingerprint density at radius 3 is 2.59 bits per heavy atom. The Kier molecular flexibility index (Phi) is 4.65. The van der Waals surface area contributed by atoms with E-state index in [1.54, 1.807) is 7.11 Å². The SMILES string of the molecule is COC(C)c1noc(CC(N)CC(C)(C)C)n1. The zero-order valence-electron chi connectivity index (χ0n) is 11.4. The van der Waals surface area contributed by atoms with Gasteiger partial charge in [-0.25, -0.2) is 0 Å². The van der Waals surface area contributed by atoms with Gasteiger partial charge in [0.25, 0.3) is 0 Å². The van der Waals surface area contributed by atoms with Gasteiger partial charge >= 0.3 is 0 Å². The molecule has 2 atom stereocenters. The van der Waals surface area contributed by atoms with E-state index in [2.05, 4.69) is 30.9 Å². The molecule has 0 spiro atoms. The number of rotatable bonds is 5. The molecule has 0 fully saturated rings. The van der Waals surface area contributed by atoms with Gasteiger partial charge in [0.2, 0.25) is 5.89 Å². The molecule has 0 aliphatic rings. The molecule has 1 aromatic rings. The maximum atomic E-state index is 6.05. The van der Waals surface area contributed by atoms with Crippen molar-refractivity contribution in [3.05, 3.63) is 11.7 Å². The lowest BCUT2D eigenvalue weighted by Gasteiger charge is -2.21. The van der Waals surface area contributed by atoms with Crippen LogP contribution in [0.3, 0.4) is 0 Å². The minimum atomic E-state index is -0.147. The molecule has 2 unspecified atom stereocenters. The quantitative estimate of drug-likeness (QED) is 0.854. The molecule has 17 heavy (non-hydrogen) atoms. The van der Waals surface area contributed by atoms with E-state index < -0.39 is 0 Å². The highest BCUT2D eigenvalue weighted by Crippen LogP contribution is 2.21. The molecular weight excluding hydrogens is 218 g/mol. The maximum Gasteiger partial charge on any atom is 0.228 e. The third-order valence-electron chi connectivity index (χ3n) is 2.51. The van der Waals surface area contributed by atoms with Crippen LogP contribution in [0, 0.1) is 5.41 Å². The second-order valence-corrected chi connectivity index (χ2v) is 5.65. The predicted octanol–water partition coefficient (Wildman–Crippen LogP) is 2.08. The smallest absolute Gasteiger partial charge is 0.228 e. The second kappa shape index (κ2) is 5.60. The average molecular weight is 241 g/mol. The van der Waals surface area contributed by atoms with Gasteiger partial charge in [0.1, 0.15) is 6.10 Å². The van der Waals surface area contributed by atoms with Gasteiger partial charge in [0, 0.05) is 19.6 Å². The van der Waals surface area contributed by atoms with E-state index in [9.17, 15) is 0 Å². The summed E-state index contributed by atoms with van der Waals surface area (Å²) in [6.07, 6.45) is 1.39. The van der Waals surface area contributed by atoms with Crippen molar-refractivity contribution in [2.24, 2.45) is 11.1 Å². The number of methoxy groups -OCH3 is 1. The predicted molar refractivity (Wildman–Crippen MR) is 65.5 cm³/mol. The van der Waals surface area contributed by atoms with Crippen molar-refractivity contribution in [2.45, 2.75) is 52.7 Å². The lowest BCUT2D eigenvalue weighted by molar-refractivity contribution is 0.109. The zero-order valence-corrected chi connectivity index (χ0v) is 11.4. The maximum absolute atomic E-state index is 6.05. The van der Waals surface area contributed by atoms with Crippen molar-refractivity contribution < 1.29 is 9.26 Å². The van der Waals surface area contributed by atoms with Crippen LogP contribution in [0.15, 0.2) is 4.52 Å². The van der Waals surface area contributed by atoms with Crippen LogP contribution in [0.4, 0.5) is 0 Å². The summed E-state index contributed by atoms with van der Waals surface area (Å²) >= 11 is 0. The van der Waals surface area contributed by atoms with E-state index in [4.69, 9.17) is 15.0 Å². The highest BCUT2D eigenvalue weighted by atomic mass is 16.5. The van der Waals surface area contributed by atoms with Crippen LogP contribution in [0.1, 0.15) is 51.9 Å². The monoisotopic (exact) mass is 241 g/mol. The number of nitrogens with zero attached hydrogens (tertiary/aromatic N) is 2. The topological polar surface area (TPSA) is 74.2 Å². The first-order chi connectivity index (χ1) is 7.81. The molecule has 2 N–H and O–H groups in total. The van der Waals surface area contributed by atoms with Crippen molar-refractivity contribution in [3.63, 3.8) is 0 Å². The largest absolute Gasteiger partial charge is 0.374 e. The molecule has 1 aromatic heterocycles. The number of ether oxygens (including phenoxy) is 1. The summed E-state index contributed by atoms with van der Waals surface area (Å²) in [5.74, 6) is 1.16. The highest BCUT2D eigenvalue weighted by Gasteiger charge is 2.19. The molecule has 0 bridgehead atoms. The van der Waals surface area contributed by atoms with E-state index in [0.29, 0.717) is 18.1 Å². The minimum Gasteiger partial charge on any atom is -0.374 e. The lowest BCUT2D eigenvalue weighted by atomic mass is 9.87. The number of nitrogens with two attached hydrogens (primary N) is 1. The average Bonchev–Trinajstić information content (AvgIpc) is 2.62. The summed E-state index contributed by atoms with van der Waals surface area (Å²) in [4.78, 5) is 4.27. The first-order valence-corrected chi connectivity index (χ1v) is 5.92. The Hall–Kier alpha value is -0.940. The molecule has 1 rings (SSSR count). The molecule has 0 radical (unpaired) electrons. The fourth-order valence-corrected chi connectivity index (χ4v) is 1.70. The van der Waals surface area contributed by atoms with Crippen molar-refractivity contribution in [1.82, 2.24) is 10.1 Å². The third kappa shape index (κ3) is 4.83. The summed E-state index contributed by atoms with van der Waals surface area (Å²) in [7, 11) is 1.62. The van der Waals surface area contributed by atoms with E-state index in [1.165, 1.54) is 0 Å².